The van der Waals surface area contributed by atoms with Gasteiger partial charge >= 0.3 is 0 Å². The van der Waals surface area contributed by atoms with Crippen molar-refractivity contribution in [3.8, 4) is 0 Å². The van der Waals surface area contributed by atoms with Crippen LogP contribution in [0.1, 0.15) is 22.8 Å². The molecule has 0 saturated heterocycles. The maximum Gasteiger partial charge on any atom is 0.253 e. The fourth-order valence-corrected chi connectivity index (χ4v) is 1.38. The first-order chi connectivity index (χ1) is 7.06. The zero-order valence-corrected chi connectivity index (χ0v) is 9.51. The van der Waals surface area contributed by atoms with E-state index in [9.17, 15) is 4.79 Å². The zero-order chi connectivity index (χ0) is 11.4. The fraction of sp³-hybridized carbons (Fsp3) is 0.364. The van der Waals surface area contributed by atoms with E-state index in [1.54, 1.807) is 19.1 Å². The number of halogens is 1. The summed E-state index contributed by atoms with van der Waals surface area (Å²) in [6.07, 6.45) is 0. The van der Waals surface area contributed by atoms with Crippen LogP contribution in [0.3, 0.4) is 0 Å². The highest BCUT2D eigenvalue weighted by atomic mass is 35.5. The lowest BCUT2D eigenvalue weighted by molar-refractivity contribution is 0.0922. The summed E-state index contributed by atoms with van der Waals surface area (Å²) in [6.45, 7) is 3.48. The molecule has 15 heavy (non-hydrogen) atoms. The smallest absolute Gasteiger partial charge is 0.253 e. The Balaban J connectivity index is 2.87. The molecule has 0 spiro atoms. The Hall–Kier alpha value is -1.06. The SMILES string of the molecule is Cc1cccc(C(=O)NC(C)CO)c1Cl. The molecular formula is C11H14ClNO2. The van der Waals surface area contributed by atoms with E-state index in [0.29, 0.717) is 10.6 Å². The summed E-state index contributed by atoms with van der Waals surface area (Å²) in [5.41, 5.74) is 1.30. The quantitative estimate of drug-likeness (QED) is 0.827. The predicted molar refractivity (Wildman–Crippen MR) is 60.2 cm³/mol. The third-order valence-electron chi connectivity index (χ3n) is 2.09. The highest BCUT2D eigenvalue weighted by Gasteiger charge is 2.13. The Morgan fingerprint density at radius 3 is 2.87 bits per heavy atom. The second kappa shape index (κ2) is 5.14. The van der Waals surface area contributed by atoms with E-state index in [1.165, 1.54) is 0 Å². The Labute approximate surface area is 94.1 Å². The van der Waals surface area contributed by atoms with Gasteiger partial charge in [-0.15, -0.1) is 0 Å². The Kier molecular flexibility index (Phi) is 4.12. The van der Waals surface area contributed by atoms with Gasteiger partial charge in [0, 0.05) is 6.04 Å². The van der Waals surface area contributed by atoms with E-state index in [0.717, 1.165) is 5.56 Å². The molecule has 0 heterocycles. The van der Waals surface area contributed by atoms with Gasteiger partial charge in [-0.3, -0.25) is 4.79 Å². The average molecular weight is 228 g/mol. The van der Waals surface area contributed by atoms with Crippen LogP contribution in [0, 0.1) is 6.92 Å². The van der Waals surface area contributed by atoms with Crippen molar-refractivity contribution >= 4 is 17.5 Å². The summed E-state index contributed by atoms with van der Waals surface area (Å²) in [5.74, 6) is -0.259. The molecule has 82 valence electrons. The molecule has 0 saturated carbocycles. The molecule has 1 amide bonds. The van der Waals surface area contributed by atoms with E-state index in [4.69, 9.17) is 16.7 Å². The van der Waals surface area contributed by atoms with Crippen molar-refractivity contribution in [1.82, 2.24) is 5.32 Å². The van der Waals surface area contributed by atoms with Gasteiger partial charge in [-0.25, -0.2) is 0 Å². The van der Waals surface area contributed by atoms with Crippen molar-refractivity contribution < 1.29 is 9.90 Å². The number of hydrogen-bond donors (Lipinski definition) is 2. The van der Waals surface area contributed by atoms with Crippen LogP contribution in [-0.2, 0) is 0 Å². The minimum Gasteiger partial charge on any atom is -0.394 e. The van der Waals surface area contributed by atoms with Crippen molar-refractivity contribution in [3.63, 3.8) is 0 Å². The van der Waals surface area contributed by atoms with Crippen LogP contribution in [0.2, 0.25) is 5.02 Å². The first-order valence-corrected chi connectivity index (χ1v) is 5.11. The van der Waals surface area contributed by atoms with Gasteiger partial charge in [0.25, 0.3) is 5.91 Å². The maximum absolute atomic E-state index is 11.7. The second-order valence-electron chi connectivity index (χ2n) is 3.49. The van der Waals surface area contributed by atoms with Crippen molar-refractivity contribution in [3.05, 3.63) is 34.3 Å². The molecule has 0 radical (unpaired) electrons. The minimum absolute atomic E-state index is 0.0881. The summed E-state index contributed by atoms with van der Waals surface area (Å²) in [4.78, 5) is 11.7. The van der Waals surface area contributed by atoms with Gasteiger partial charge in [0.15, 0.2) is 0 Å². The maximum atomic E-state index is 11.7. The van der Waals surface area contributed by atoms with Crippen LogP contribution in [0.4, 0.5) is 0 Å². The molecule has 0 aromatic heterocycles. The Bertz CT molecular complexity index is 366. The molecule has 0 aliphatic rings. The van der Waals surface area contributed by atoms with Crippen LogP contribution < -0.4 is 5.32 Å². The molecule has 0 aliphatic heterocycles. The van der Waals surface area contributed by atoms with Gasteiger partial charge in [-0.1, -0.05) is 23.7 Å². The van der Waals surface area contributed by atoms with Gasteiger partial charge < -0.3 is 10.4 Å². The monoisotopic (exact) mass is 227 g/mol. The van der Waals surface area contributed by atoms with E-state index in [1.807, 2.05) is 13.0 Å². The number of aliphatic hydroxyl groups excluding tert-OH is 1. The summed E-state index contributed by atoms with van der Waals surface area (Å²) in [5, 5.41) is 11.9. The third kappa shape index (κ3) is 2.94. The molecule has 3 nitrogen and oxygen atoms in total. The molecule has 0 fully saturated rings. The molecule has 4 heteroatoms. The van der Waals surface area contributed by atoms with Crippen LogP contribution >= 0.6 is 11.6 Å². The highest BCUT2D eigenvalue weighted by molar-refractivity contribution is 6.34. The summed E-state index contributed by atoms with van der Waals surface area (Å²) in [6, 6.07) is 5.01. The van der Waals surface area contributed by atoms with Crippen molar-refractivity contribution in [2.24, 2.45) is 0 Å². The largest absolute Gasteiger partial charge is 0.394 e. The minimum atomic E-state index is -0.269. The van der Waals surface area contributed by atoms with E-state index in [2.05, 4.69) is 5.32 Å². The number of aryl methyl sites for hydroxylation is 1. The lowest BCUT2D eigenvalue weighted by Gasteiger charge is -2.12. The molecule has 1 unspecified atom stereocenters. The van der Waals surface area contributed by atoms with Crippen molar-refractivity contribution in [2.45, 2.75) is 19.9 Å². The molecule has 0 aliphatic carbocycles. The number of carbonyl (C=O) groups is 1. The standard InChI is InChI=1S/C11H14ClNO2/c1-7-4-3-5-9(10(7)12)11(15)13-8(2)6-14/h3-5,8,14H,6H2,1-2H3,(H,13,15). The molecule has 2 N–H and O–H groups in total. The van der Waals surface area contributed by atoms with E-state index >= 15 is 0 Å². The summed E-state index contributed by atoms with van der Waals surface area (Å²) >= 11 is 5.99. The Morgan fingerprint density at radius 2 is 2.27 bits per heavy atom. The van der Waals surface area contributed by atoms with Gasteiger partial charge in [-0.05, 0) is 25.5 Å². The molecule has 1 rings (SSSR count). The molecular weight excluding hydrogens is 214 g/mol. The fourth-order valence-electron chi connectivity index (χ4n) is 1.17. The number of rotatable bonds is 3. The van der Waals surface area contributed by atoms with E-state index < -0.39 is 0 Å². The number of amides is 1. The molecule has 1 aromatic carbocycles. The Morgan fingerprint density at radius 1 is 1.60 bits per heavy atom. The number of benzene rings is 1. The first-order valence-electron chi connectivity index (χ1n) is 4.73. The summed E-state index contributed by atoms with van der Waals surface area (Å²) in [7, 11) is 0. The number of hydrogen-bond acceptors (Lipinski definition) is 2. The number of carbonyl (C=O) groups excluding carboxylic acids is 1. The highest BCUT2D eigenvalue weighted by Crippen LogP contribution is 2.20. The lowest BCUT2D eigenvalue weighted by Crippen LogP contribution is -2.35. The van der Waals surface area contributed by atoms with Gasteiger partial charge in [0.05, 0.1) is 17.2 Å². The first kappa shape index (κ1) is 12.0. The third-order valence-corrected chi connectivity index (χ3v) is 2.59. The van der Waals surface area contributed by atoms with E-state index in [-0.39, 0.29) is 18.6 Å². The van der Waals surface area contributed by atoms with Crippen LogP contribution in [0.5, 0.6) is 0 Å². The molecule has 1 atom stereocenters. The zero-order valence-electron chi connectivity index (χ0n) is 8.75. The second-order valence-corrected chi connectivity index (χ2v) is 3.87. The molecule has 1 aromatic rings. The van der Waals surface area contributed by atoms with Gasteiger partial charge in [0.2, 0.25) is 0 Å². The average Bonchev–Trinajstić information content (AvgIpc) is 2.21. The van der Waals surface area contributed by atoms with Crippen molar-refractivity contribution in [2.75, 3.05) is 6.61 Å². The number of aliphatic hydroxyl groups is 1. The van der Waals surface area contributed by atoms with Gasteiger partial charge in [-0.2, -0.15) is 0 Å². The van der Waals surface area contributed by atoms with Crippen LogP contribution in [0.15, 0.2) is 18.2 Å². The summed E-state index contributed by atoms with van der Waals surface area (Å²) < 4.78 is 0. The predicted octanol–water partition coefficient (Wildman–Crippen LogP) is 1.76. The number of nitrogens with one attached hydrogen (secondary N) is 1. The lowest BCUT2D eigenvalue weighted by atomic mass is 10.1. The van der Waals surface area contributed by atoms with Gasteiger partial charge in [0.1, 0.15) is 0 Å². The van der Waals surface area contributed by atoms with Crippen molar-refractivity contribution in [1.29, 1.82) is 0 Å². The normalized spacial score (nSPS) is 12.3. The van der Waals surface area contributed by atoms with Crippen LogP contribution in [0.25, 0.3) is 0 Å². The molecule has 0 bridgehead atoms. The topological polar surface area (TPSA) is 49.3 Å². The van der Waals surface area contributed by atoms with Crippen LogP contribution in [-0.4, -0.2) is 23.7 Å².